The highest BCUT2D eigenvalue weighted by Crippen LogP contribution is 2.20. The number of benzene rings is 1. The number of nitrogens with one attached hydrogen (secondary N) is 2. The molecule has 1 aromatic heterocycles. The quantitative estimate of drug-likeness (QED) is 0.433. The molecule has 33 heavy (non-hydrogen) atoms. The average molecular weight is 456 g/mol. The summed E-state index contributed by atoms with van der Waals surface area (Å²) in [5.41, 5.74) is 2.02. The van der Waals surface area contributed by atoms with E-state index in [1.165, 1.54) is 10.5 Å². The van der Waals surface area contributed by atoms with Crippen LogP contribution in [-0.2, 0) is 27.2 Å². The second-order valence-electron chi connectivity index (χ2n) is 7.96. The summed E-state index contributed by atoms with van der Waals surface area (Å²) in [6, 6.07) is 5.98. The average Bonchev–Trinajstić information content (AvgIpc) is 3.48. The first-order chi connectivity index (χ1) is 15.9. The molecule has 0 aliphatic carbocycles. The van der Waals surface area contributed by atoms with Crippen LogP contribution < -0.4 is 10.1 Å². The SMILES string of the molecule is COc1ccc(CCCc2cnc(C(=O)N3CCC[C@H]3C(=O)NC(C=O)CC(=O)O)[nH]2)cc1. The zero-order valence-electron chi connectivity index (χ0n) is 18.5. The molecule has 10 heteroatoms. The first-order valence-electron chi connectivity index (χ1n) is 10.9. The van der Waals surface area contributed by atoms with Gasteiger partial charge in [-0.25, -0.2) is 4.98 Å². The number of nitrogens with zero attached hydrogens (tertiary/aromatic N) is 2. The van der Waals surface area contributed by atoms with Gasteiger partial charge in [0, 0.05) is 18.4 Å². The molecule has 2 aromatic rings. The number of likely N-dealkylation sites (tertiary alicyclic amines) is 1. The Balaban J connectivity index is 1.55. The highest BCUT2D eigenvalue weighted by Gasteiger charge is 2.36. The fraction of sp³-hybridized carbons (Fsp3) is 0.435. The first kappa shape index (κ1) is 24.0. The van der Waals surface area contributed by atoms with Crippen molar-refractivity contribution >= 4 is 24.1 Å². The number of rotatable bonds is 11. The van der Waals surface area contributed by atoms with Gasteiger partial charge >= 0.3 is 5.97 Å². The van der Waals surface area contributed by atoms with Crippen LogP contribution in [0.25, 0.3) is 0 Å². The van der Waals surface area contributed by atoms with Crippen molar-refractivity contribution in [2.75, 3.05) is 13.7 Å². The van der Waals surface area contributed by atoms with Crippen LogP contribution in [0, 0.1) is 0 Å². The van der Waals surface area contributed by atoms with Crippen molar-refractivity contribution < 1.29 is 29.0 Å². The van der Waals surface area contributed by atoms with E-state index in [-0.39, 0.29) is 5.82 Å². The number of carbonyl (C=O) groups excluding carboxylic acids is 3. The molecule has 2 amide bonds. The monoisotopic (exact) mass is 456 g/mol. The van der Waals surface area contributed by atoms with Crippen LogP contribution in [0.5, 0.6) is 5.75 Å². The van der Waals surface area contributed by atoms with Crippen molar-refractivity contribution in [1.82, 2.24) is 20.2 Å². The molecule has 1 fully saturated rings. The van der Waals surface area contributed by atoms with Crippen LogP contribution >= 0.6 is 0 Å². The summed E-state index contributed by atoms with van der Waals surface area (Å²) in [6.45, 7) is 0.384. The maximum absolute atomic E-state index is 12.9. The molecule has 1 saturated heterocycles. The number of carbonyl (C=O) groups is 4. The van der Waals surface area contributed by atoms with Gasteiger partial charge in [0.1, 0.15) is 18.1 Å². The van der Waals surface area contributed by atoms with Crippen LogP contribution in [0.4, 0.5) is 0 Å². The molecule has 0 bridgehead atoms. The van der Waals surface area contributed by atoms with Gasteiger partial charge in [0.15, 0.2) is 5.82 Å². The van der Waals surface area contributed by atoms with Crippen LogP contribution in [0.2, 0.25) is 0 Å². The van der Waals surface area contributed by atoms with E-state index < -0.39 is 36.3 Å². The molecule has 3 rings (SSSR count). The van der Waals surface area contributed by atoms with Gasteiger partial charge in [0.2, 0.25) is 5.91 Å². The van der Waals surface area contributed by atoms with Crippen molar-refractivity contribution in [2.45, 2.75) is 50.6 Å². The van der Waals surface area contributed by atoms with E-state index in [9.17, 15) is 19.2 Å². The fourth-order valence-electron chi connectivity index (χ4n) is 3.89. The largest absolute Gasteiger partial charge is 0.497 e. The minimum absolute atomic E-state index is 0.159. The number of aliphatic carboxylic acids is 1. The van der Waals surface area contributed by atoms with Gasteiger partial charge in [-0.1, -0.05) is 12.1 Å². The molecule has 1 aliphatic heterocycles. The maximum Gasteiger partial charge on any atom is 0.305 e. The topological polar surface area (TPSA) is 142 Å². The third kappa shape index (κ3) is 6.41. The predicted octanol–water partition coefficient (Wildman–Crippen LogP) is 1.36. The highest BCUT2D eigenvalue weighted by molar-refractivity contribution is 5.96. The zero-order valence-corrected chi connectivity index (χ0v) is 18.5. The van der Waals surface area contributed by atoms with Crippen molar-refractivity contribution in [1.29, 1.82) is 0 Å². The third-order valence-electron chi connectivity index (χ3n) is 5.60. The van der Waals surface area contributed by atoms with Crippen LogP contribution in [0.15, 0.2) is 30.5 Å². The Kier molecular flexibility index (Phi) is 8.17. The fourth-order valence-corrected chi connectivity index (χ4v) is 3.89. The van der Waals surface area contributed by atoms with Gasteiger partial charge in [0.05, 0.1) is 19.6 Å². The number of carboxylic acids is 1. The summed E-state index contributed by atoms with van der Waals surface area (Å²) in [7, 11) is 1.63. The number of methoxy groups -OCH3 is 1. The van der Waals surface area contributed by atoms with E-state index in [0.29, 0.717) is 32.1 Å². The molecule has 3 N–H and O–H groups in total. The number of aromatic nitrogens is 2. The van der Waals surface area contributed by atoms with E-state index in [0.717, 1.165) is 24.3 Å². The second kappa shape index (κ2) is 11.3. The number of carboxylic acid groups (broad SMARTS) is 1. The number of hydrogen-bond acceptors (Lipinski definition) is 6. The molecule has 2 atom stereocenters. The molecule has 2 heterocycles. The van der Waals surface area contributed by atoms with E-state index in [1.54, 1.807) is 13.3 Å². The Labute approximate surface area is 191 Å². The number of aldehydes is 1. The first-order valence-corrected chi connectivity index (χ1v) is 10.9. The van der Waals surface area contributed by atoms with Crippen LogP contribution in [0.3, 0.4) is 0 Å². The molecular weight excluding hydrogens is 428 g/mol. The van der Waals surface area contributed by atoms with Gasteiger partial charge < -0.3 is 29.8 Å². The molecule has 10 nitrogen and oxygen atoms in total. The van der Waals surface area contributed by atoms with Crippen molar-refractivity contribution in [3.8, 4) is 5.75 Å². The second-order valence-corrected chi connectivity index (χ2v) is 7.96. The molecule has 1 aromatic carbocycles. The lowest BCUT2D eigenvalue weighted by molar-refractivity contribution is -0.139. The number of hydrogen-bond donors (Lipinski definition) is 3. The molecular formula is C23H28N4O6. The number of amides is 2. The number of ether oxygens (including phenoxy) is 1. The number of H-pyrrole nitrogens is 1. The van der Waals surface area contributed by atoms with Crippen LogP contribution in [0.1, 0.15) is 47.6 Å². The lowest BCUT2D eigenvalue weighted by Crippen LogP contribution is -2.49. The minimum Gasteiger partial charge on any atom is -0.497 e. The standard InChI is InChI=1S/C23H28N4O6/c1-33-18-9-7-15(8-10-18)4-2-5-16-13-24-21(25-16)23(32)27-11-3-6-19(27)22(31)26-17(14-28)12-20(29)30/h7-10,13-14,17,19H,2-6,11-12H2,1H3,(H,24,25)(H,26,31)(H,29,30)/t17?,19-/m0/s1. The molecule has 0 radical (unpaired) electrons. The summed E-state index contributed by atoms with van der Waals surface area (Å²) >= 11 is 0. The molecule has 0 saturated carbocycles. The summed E-state index contributed by atoms with van der Waals surface area (Å²) in [6.07, 6.45) is 5.03. The zero-order chi connectivity index (χ0) is 23.8. The Hall–Kier alpha value is -3.69. The number of aryl methyl sites for hydroxylation is 2. The summed E-state index contributed by atoms with van der Waals surface area (Å²) < 4.78 is 5.16. The van der Waals surface area contributed by atoms with E-state index >= 15 is 0 Å². The third-order valence-corrected chi connectivity index (χ3v) is 5.60. The highest BCUT2D eigenvalue weighted by atomic mass is 16.5. The lowest BCUT2D eigenvalue weighted by atomic mass is 10.1. The normalized spacial score (nSPS) is 16.3. The van der Waals surface area contributed by atoms with Crippen molar-refractivity contribution in [2.24, 2.45) is 0 Å². The predicted molar refractivity (Wildman–Crippen MR) is 118 cm³/mol. The van der Waals surface area contributed by atoms with Gasteiger partial charge in [-0.3, -0.25) is 14.4 Å². The summed E-state index contributed by atoms with van der Waals surface area (Å²) in [5, 5.41) is 11.3. The van der Waals surface area contributed by atoms with Gasteiger partial charge in [-0.15, -0.1) is 0 Å². The van der Waals surface area contributed by atoms with E-state index in [1.807, 2.05) is 24.3 Å². The van der Waals surface area contributed by atoms with E-state index in [2.05, 4.69) is 15.3 Å². The lowest BCUT2D eigenvalue weighted by Gasteiger charge is -2.24. The molecule has 1 unspecified atom stereocenters. The van der Waals surface area contributed by atoms with Crippen molar-refractivity contribution in [3.05, 3.63) is 47.5 Å². The Morgan fingerprint density at radius 1 is 1.30 bits per heavy atom. The van der Waals surface area contributed by atoms with Gasteiger partial charge in [-0.05, 0) is 49.8 Å². The number of imidazole rings is 1. The molecule has 176 valence electrons. The smallest absolute Gasteiger partial charge is 0.305 e. The van der Waals surface area contributed by atoms with Crippen LogP contribution in [-0.4, -0.2) is 69.8 Å². The number of aromatic amines is 1. The Morgan fingerprint density at radius 3 is 2.73 bits per heavy atom. The van der Waals surface area contributed by atoms with E-state index in [4.69, 9.17) is 9.84 Å². The minimum atomic E-state index is -1.19. The van der Waals surface area contributed by atoms with Gasteiger partial charge in [-0.2, -0.15) is 0 Å². The van der Waals surface area contributed by atoms with Gasteiger partial charge in [0.25, 0.3) is 5.91 Å². The van der Waals surface area contributed by atoms with Crippen molar-refractivity contribution in [3.63, 3.8) is 0 Å². The summed E-state index contributed by atoms with van der Waals surface area (Å²) in [5.74, 6) is -1.15. The Morgan fingerprint density at radius 2 is 2.06 bits per heavy atom. The Bertz CT molecular complexity index is 987. The molecule has 0 spiro atoms. The molecule has 1 aliphatic rings. The maximum atomic E-state index is 12.9. The summed E-state index contributed by atoms with van der Waals surface area (Å²) in [4.78, 5) is 56.0.